The van der Waals surface area contributed by atoms with Gasteiger partial charge in [-0.15, -0.1) is 5.10 Å². The van der Waals surface area contributed by atoms with E-state index < -0.39 is 0 Å². The third-order valence-corrected chi connectivity index (χ3v) is 4.05. The summed E-state index contributed by atoms with van der Waals surface area (Å²) in [6.45, 7) is 5.84. The minimum absolute atomic E-state index is 0.101. The maximum absolute atomic E-state index is 4.29. The van der Waals surface area contributed by atoms with Crippen molar-refractivity contribution < 1.29 is 0 Å². The zero-order valence-electron chi connectivity index (χ0n) is 14.1. The van der Waals surface area contributed by atoms with Gasteiger partial charge in [0.2, 0.25) is 0 Å². The number of benzene rings is 2. The minimum Gasteiger partial charge on any atom is -0.303 e. The molecule has 0 saturated heterocycles. The van der Waals surface area contributed by atoms with E-state index in [1.165, 1.54) is 11.1 Å². The van der Waals surface area contributed by atoms with E-state index in [4.69, 9.17) is 0 Å². The molecule has 0 fully saturated rings. The van der Waals surface area contributed by atoms with Crippen molar-refractivity contribution in [2.75, 3.05) is 0 Å². The molecule has 5 heteroatoms. The summed E-state index contributed by atoms with van der Waals surface area (Å²) in [5.41, 5.74) is 2.45. The van der Waals surface area contributed by atoms with E-state index in [0.29, 0.717) is 12.5 Å². The van der Waals surface area contributed by atoms with Crippen LogP contribution in [-0.4, -0.2) is 20.2 Å². The van der Waals surface area contributed by atoms with Crippen LogP contribution in [0, 0.1) is 5.92 Å². The topological polar surface area (TPSA) is 55.6 Å². The lowest BCUT2D eigenvalue weighted by Gasteiger charge is -2.21. The first-order chi connectivity index (χ1) is 11.7. The zero-order chi connectivity index (χ0) is 16.8. The monoisotopic (exact) mass is 321 g/mol. The van der Waals surface area contributed by atoms with Gasteiger partial charge in [0.15, 0.2) is 5.82 Å². The van der Waals surface area contributed by atoms with Crippen LogP contribution in [0.4, 0.5) is 0 Å². The molecule has 0 aliphatic heterocycles. The van der Waals surface area contributed by atoms with E-state index in [1.807, 2.05) is 28.9 Å². The fourth-order valence-electron chi connectivity index (χ4n) is 2.75. The Morgan fingerprint density at radius 2 is 1.54 bits per heavy atom. The largest absolute Gasteiger partial charge is 0.303 e. The number of nitrogens with zero attached hydrogens (tertiary/aromatic N) is 4. The van der Waals surface area contributed by atoms with E-state index in [9.17, 15) is 0 Å². The lowest BCUT2D eigenvalue weighted by atomic mass is 10.0. The van der Waals surface area contributed by atoms with E-state index in [0.717, 1.165) is 12.4 Å². The number of hydrogen-bond acceptors (Lipinski definition) is 4. The maximum atomic E-state index is 4.29. The molecule has 0 saturated carbocycles. The van der Waals surface area contributed by atoms with Gasteiger partial charge < -0.3 is 5.32 Å². The molecule has 0 bridgehead atoms. The van der Waals surface area contributed by atoms with Gasteiger partial charge >= 0.3 is 0 Å². The van der Waals surface area contributed by atoms with Crippen molar-refractivity contribution in [1.82, 2.24) is 25.5 Å². The van der Waals surface area contributed by atoms with Gasteiger partial charge in [-0.25, -0.2) is 4.68 Å². The summed E-state index contributed by atoms with van der Waals surface area (Å²) in [5, 5.41) is 16.0. The third kappa shape index (κ3) is 4.06. The van der Waals surface area contributed by atoms with Gasteiger partial charge in [-0.2, -0.15) is 0 Å². The molecule has 1 N–H and O–H groups in total. The summed E-state index contributed by atoms with van der Waals surface area (Å²) in [5.74, 6) is 1.26. The Morgan fingerprint density at radius 1 is 0.917 bits per heavy atom. The molecular formula is C19H23N5. The van der Waals surface area contributed by atoms with Crippen molar-refractivity contribution in [3.63, 3.8) is 0 Å². The highest BCUT2D eigenvalue weighted by Gasteiger charge is 2.22. The normalized spacial score (nSPS) is 12.5. The quantitative estimate of drug-likeness (QED) is 0.726. The number of rotatable bonds is 7. The Labute approximate surface area is 142 Å². The van der Waals surface area contributed by atoms with Gasteiger partial charge in [-0.3, -0.25) is 0 Å². The molecule has 1 atom stereocenters. The smallest absolute Gasteiger partial charge is 0.168 e. The third-order valence-electron chi connectivity index (χ3n) is 4.05. The van der Waals surface area contributed by atoms with E-state index in [2.05, 4.69) is 71.1 Å². The molecule has 0 unspecified atom stereocenters. The van der Waals surface area contributed by atoms with Crippen LogP contribution in [0.3, 0.4) is 0 Å². The molecule has 24 heavy (non-hydrogen) atoms. The number of tetrazole rings is 1. The number of aromatic nitrogens is 4. The Hall–Kier alpha value is -2.53. The molecule has 1 heterocycles. The van der Waals surface area contributed by atoms with Crippen molar-refractivity contribution in [2.24, 2.45) is 5.92 Å². The van der Waals surface area contributed by atoms with Crippen molar-refractivity contribution in [3.8, 4) is 0 Å². The Morgan fingerprint density at radius 3 is 2.17 bits per heavy atom. The summed E-state index contributed by atoms with van der Waals surface area (Å²) in [4.78, 5) is 0. The predicted octanol–water partition coefficient (Wildman–Crippen LogP) is 3.21. The van der Waals surface area contributed by atoms with Crippen LogP contribution >= 0.6 is 0 Å². The second-order valence-electron chi connectivity index (χ2n) is 6.27. The molecule has 3 rings (SSSR count). The molecule has 1 aromatic heterocycles. The number of hydrogen-bond donors (Lipinski definition) is 1. The van der Waals surface area contributed by atoms with E-state index in [-0.39, 0.29) is 6.04 Å². The second kappa shape index (κ2) is 7.84. The molecular weight excluding hydrogens is 298 g/mol. The first kappa shape index (κ1) is 16.3. The zero-order valence-corrected chi connectivity index (χ0v) is 14.1. The van der Waals surface area contributed by atoms with Crippen molar-refractivity contribution in [1.29, 1.82) is 0 Å². The summed E-state index contributed by atoms with van der Waals surface area (Å²) in [7, 11) is 0. The van der Waals surface area contributed by atoms with Crippen LogP contribution in [0.2, 0.25) is 0 Å². The van der Waals surface area contributed by atoms with Gasteiger partial charge in [0, 0.05) is 6.54 Å². The summed E-state index contributed by atoms with van der Waals surface area (Å²) in [6, 6.07) is 20.8. The van der Waals surface area contributed by atoms with Crippen LogP contribution in [0.25, 0.3) is 0 Å². The van der Waals surface area contributed by atoms with Crippen molar-refractivity contribution in [3.05, 3.63) is 77.6 Å². The predicted molar refractivity (Wildman–Crippen MR) is 94.2 cm³/mol. The molecule has 5 nitrogen and oxygen atoms in total. The van der Waals surface area contributed by atoms with E-state index >= 15 is 0 Å². The Balaban J connectivity index is 1.75. The van der Waals surface area contributed by atoms with Crippen LogP contribution in [0.1, 0.15) is 36.8 Å². The SMILES string of the molecule is CC(C)[C@@H](NCc1ccccc1)c1nnnn1Cc1ccccc1. The lowest BCUT2D eigenvalue weighted by molar-refractivity contribution is 0.376. The molecule has 2 aromatic carbocycles. The molecule has 0 aliphatic rings. The lowest BCUT2D eigenvalue weighted by Crippen LogP contribution is -2.28. The molecule has 124 valence electrons. The standard InChI is InChI=1S/C19H23N5/c1-15(2)18(20-13-16-9-5-3-6-10-16)19-21-22-23-24(19)14-17-11-7-4-8-12-17/h3-12,15,18,20H,13-14H2,1-2H3/t18-/m1/s1. The van der Waals surface area contributed by atoms with Crippen LogP contribution in [0.15, 0.2) is 60.7 Å². The average molecular weight is 321 g/mol. The Kier molecular flexibility index (Phi) is 5.33. The maximum Gasteiger partial charge on any atom is 0.168 e. The molecule has 0 spiro atoms. The highest BCUT2D eigenvalue weighted by atomic mass is 15.5. The summed E-state index contributed by atoms with van der Waals surface area (Å²) < 4.78 is 1.89. The minimum atomic E-state index is 0.101. The fraction of sp³-hybridized carbons (Fsp3) is 0.316. The Bertz CT molecular complexity index is 737. The molecule has 0 amide bonds. The highest BCUT2D eigenvalue weighted by Crippen LogP contribution is 2.20. The second-order valence-corrected chi connectivity index (χ2v) is 6.27. The van der Waals surface area contributed by atoms with Crippen LogP contribution in [-0.2, 0) is 13.1 Å². The molecule has 0 aliphatic carbocycles. The van der Waals surface area contributed by atoms with Gasteiger partial charge in [-0.05, 0) is 27.5 Å². The summed E-state index contributed by atoms with van der Waals surface area (Å²) >= 11 is 0. The van der Waals surface area contributed by atoms with Gasteiger partial charge in [0.1, 0.15) is 0 Å². The van der Waals surface area contributed by atoms with Gasteiger partial charge in [0.25, 0.3) is 0 Å². The average Bonchev–Trinajstić information content (AvgIpc) is 3.04. The molecule has 0 radical (unpaired) electrons. The van der Waals surface area contributed by atoms with Gasteiger partial charge in [0.05, 0.1) is 12.6 Å². The van der Waals surface area contributed by atoms with Crippen LogP contribution in [0.5, 0.6) is 0 Å². The van der Waals surface area contributed by atoms with Crippen molar-refractivity contribution in [2.45, 2.75) is 33.0 Å². The fourth-order valence-corrected chi connectivity index (χ4v) is 2.75. The first-order valence-electron chi connectivity index (χ1n) is 8.31. The first-order valence-corrected chi connectivity index (χ1v) is 8.31. The number of nitrogens with one attached hydrogen (secondary N) is 1. The summed E-state index contributed by atoms with van der Waals surface area (Å²) in [6.07, 6.45) is 0. The van der Waals surface area contributed by atoms with E-state index in [1.54, 1.807) is 0 Å². The van der Waals surface area contributed by atoms with Crippen molar-refractivity contribution >= 4 is 0 Å². The van der Waals surface area contributed by atoms with Gasteiger partial charge in [-0.1, -0.05) is 74.5 Å². The molecule has 3 aromatic rings. The highest BCUT2D eigenvalue weighted by molar-refractivity contribution is 5.16. The van der Waals surface area contributed by atoms with Crippen LogP contribution < -0.4 is 5.32 Å².